The summed E-state index contributed by atoms with van der Waals surface area (Å²) in [5, 5.41) is 0. The van der Waals surface area contributed by atoms with Gasteiger partial charge in [0.05, 0.1) is 0 Å². The molecule has 0 N–H and O–H groups in total. The van der Waals surface area contributed by atoms with Crippen molar-refractivity contribution in [2.24, 2.45) is 5.92 Å². The van der Waals surface area contributed by atoms with Gasteiger partial charge in [0, 0.05) is 21.7 Å². The molecule has 1 nitrogen and oxygen atoms in total. The second-order valence-electron chi connectivity index (χ2n) is 2.43. The quantitative estimate of drug-likeness (QED) is 0.271. The van der Waals surface area contributed by atoms with E-state index in [1.54, 1.807) is 0 Å². The van der Waals surface area contributed by atoms with Crippen LogP contribution in [0.1, 0.15) is 33.1 Å². The predicted octanol–water partition coefficient (Wildman–Crippen LogP) is 2.21. The van der Waals surface area contributed by atoms with Gasteiger partial charge in [0.15, 0.2) is 0 Å². The van der Waals surface area contributed by atoms with E-state index in [0.29, 0.717) is 0 Å². The summed E-state index contributed by atoms with van der Waals surface area (Å²) in [7, 11) is 0. The minimum atomic E-state index is 0. The van der Waals surface area contributed by atoms with E-state index in [1.807, 2.05) is 6.92 Å². The fraction of sp³-hybridized carbons (Fsp3) is 0.750. The van der Waals surface area contributed by atoms with Crippen LogP contribution in [0.15, 0.2) is 0 Å². The number of hydrogen-bond donors (Lipinski definition) is 0. The van der Waals surface area contributed by atoms with Crippen LogP contribution in [0, 0.1) is 12.3 Å². The van der Waals surface area contributed by atoms with Gasteiger partial charge in [-0.25, -0.2) is 0 Å². The second-order valence-corrected chi connectivity index (χ2v) is 2.43. The Labute approximate surface area is 78.5 Å². The molecule has 0 aromatic heterocycles. The van der Waals surface area contributed by atoms with E-state index >= 15 is 0 Å². The van der Waals surface area contributed by atoms with E-state index in [9.17, 15) is 4.79 Å². The summed E-state index contributed by atoms with van der Waals surface area (Å²) in [6.45, 7) is 4.08. The molecule has 0 aliphatic rings. The second kappa shape index (κ2) is 9.38. The maximum atomic E-state index is 10.1. The summed E-state index contributed by atoms with van der Waals surface area (Å²) < 4.78 is 0. The summed E-state index contributed by atoms with van der Waals surface area (Å²) in [6.07, 6.45) is 6.45. The van der Waals surface area contributed by atoms with Crippen molar-refractivity contribution in [3.63, 3.8) is 0 Å². The molecule has 2 heteroatoms. The number of carbonyl (C=O) groups is 1. The minimum Gasteiger partial charge on any atom is -0.328 e. The maximum absolute atomic E-state index is 10.1. The maximum Gasteiger partial charge on any atom is 0.120 e. The van der Waals surface area contributed by atoms with Crippen LogP contribution in [-0.4, -0.2) is 6.29 Å². The standard InChI is InChI=1S/C8H15O.Ti/c1-3-4-5-6-8(2)7-9;/h5,7-8H,3-4,6H2,1-2H3;/q-1;. The summed E-state index contributed by atoms with van der Waals surface area (Å²) in [4.78, 5) is 10.1. The van der Waals surface area contributed by atoms with E-state index in [0.717, 1.165) is 19.1 Å². The van der Waals surface area contributed by atoms with Crippen molar-refractivity contribution in [3.05, 3.63) is 6.42 Å². The van der Waals surface area contributed by atoms with Gasteiger partial charge in [0.1, 0.15) is 6.29 Å². The third-order valence-electron chi connectivity index (χ3n) is 1.26. The van der Waals surface area contributed by atoms with Crippen LogP contribution < -0.4 is 0 Å². The van der Waals surface area contributed by atoms with Crippen molar-refractivity contribution in [2.75, 3.05) is 0 Å². The van der Waals surface area contributed by atoms with Gasteiger partial charge in [-0.3, -0.25) is 0 Å². The first-order valence-corrected chi connectivity index (χ1v) is 3.58. The van der Waals surface area contributed by atoms with E-state index < -0.39 is 0 Å². The zero-order chi connectivity index (χ0) is 7.11. The molecule has 0 aliphatic carbocycles. The Bertz CT molecular complexity index is 73.7. The van der Waals surface area contributed by atoms with Gasteiger partial charge in [-0.05, 0) is 5.92 Å². The molecular formula is C8H15OTi-. The monoisotopic (exact) mass is 175 g/mol. The Morgan fingerprint density at radius 3 is 2.60 bits per heavy atom. The normalized spacial score (nSPS) is 11.8. The molecule has 10 heavy (non-hydrogen) atoms. The zero-order valence-electron chi connectivity index (χ0n) is 6.76. The molecular weight excluding hydrogens is 160 g/mol. The molecule has 0 spiro atoms. The fourth-order valence-electron chi connectivity index (χ4n) is 0.640. The number of unbranched alkanes of at least 4 members (excludes halogenated alkanes) is 2. The van der Waals surface area contributed by atoms with Gasteiger partial charge in [-0.15, -0.1) is 0 Å². The van der Waals surface area contributed by atoms with Crippen LogP contribution in [0.5, 0.6) is 0 Å². The first kappa shape index (κ1) is 13.0. The molecule has 0 heterocycles. The molecule has 0 fully saturated rings. The third-order valence-corrected chi connectivity index (χ3v) is 1.26. The number of hydrogen-bond acceptors (Lipinski definition) is 1. The third kappa shape index (κ3) is 8.38. The van der Waals surface area contributed by atoms with Crippen LogP contribution in [0.3, 0.4) is 0 Å². The number of aldehydes is 1. The molecule has 0 bridgehead atoms. The summed E-state index contributed by atoms with van der Waals surface area (Å²) in [6, 6.07) is 0. The van der Waals surface area contributed by atoms with Gasteiger partial charge < -0.3 is 11.2 Å². The predicted molar refractivity (Wildman–Crippen MR) is 39.1 cm³/mol. The molecule has 1 atom stereocenters. The van der Waals surface area contributed by atoms with Crippen LogP contribution in [0.25, 0.3) is 0 Å². The van der Waals surface area contributed by atoms with Crippen molar-refractivity contribution in [1.29, 1.82) is 0 Å². The molecule has 0 rings (SSSR count). The number of carbonyl (C=O) groups excluding carboxylic acids is 1. The van der Waals surface area contributed by atoms with Crippen molar-refractivity contribution < 1.29 is 26.5 Å². The largest absolute Gasteiger partial charge is 0.328 e. The summed E-state index contributed by atoms with van der Waals surface area (Å²) in [5.74, 6) is 0.219. The Hall–Kier alpha value is 0.384. The smallest absolute Gasteiger partial charge is 0.120 e. The molecule has 0 saturated carbocycles. The van der Waals surface area contributed by atoms with Crippen molar-refractivity contribution in [3.8, 4) is 0 Å². The first-order valence-electron chi connectivity index (χ1n) is 3.58. The van der Waals surface area contributed by atoms with E-state index in [-0.39, 0.29) is 27.6 Å². The number of rotatable bonds is 5. The molecule has 0 aromatic carbocycles. The molecule has 0 aliphatic heterocycles. The van der Waals surface area contributed by atoms with Gasteiger partial charge >= 0.3 is 0 Å². The molecule has 0 aromatic rings. The summed E-state index contributed by atoms with van der Waals surface area (Å²) >= 11 is 0. The topological polar surface area (TPSA) is 17.1 Å². The Balaban J connectivity index is 0. The molecule has 0 radical (unpaired) electrons. The molecule has 0 amide bonds. The van der Waals surface area contributed by atoms with E-state index in [2.05, 4.69) is 13.3 Å². The van der Waals surface area contributed by atoms with Gasteiger partial charge in [0.2, 0.25) is 0 Å². The Morgan fingerprint density at radius 2 is 2.20 bits per heavy atom. The fourth-order valence-corrected chi connectivity index (χ4v) is 0.640. The van der Waals surface area contributed by atoms with Crippen molar-refractivity contribution >= 4 is 6.29 Å². The molecule has 58 valence electrons. The van der Waals surface area contributed by atoms with Crippen LogP contribution in [-0.2, 0) is 26.5 Å². The first-order chi connectivity index (χ1) is 4.31. The Kier molecular flexibility index (Phi) is 12.2. The molecule has 0 saturated heterocycles. The van der Waals surface area contributed by atoms with Crippen LogP contribution in [0.4, 0.5) is 0 Å². The SMILES string of the molecule is CCC[CH-]CC(C)C=O.[Ti]. The van der Waals surface area contributed by atoms with Crippen LogP contribution >= 0.6 is 0 Å². The van der Waals surface area contributed by atoms with Gasteiger partial charge in [-0.1, -0.05) is 20.3 Å². The summed E-state index contributed by atoms with van der Waals surface area (Å²) in [5.41, 5.74) is 0. The average molecular weight is 175 g/mol. The minimum absolute atomic E-state index is 0. The Morgan fingerprint density at radius 1 is 1.60 bits per heavy atom. The van der Waals surface area contributed by atoms with E-state index in [4.69, 9.17) is 0 Å². The zero-order valence-corrected chi connectivity index (χ0v) is 8.32. The van der Waals surface area contributed by atoms with Gasteiger partial charge in [-0.2, -0.15) is 12.8 Å². The van der Waals surface area contributed by atoms with Gasteiger partial charge in [0.25, 0.3) is 0 Å². The molecule has 1 unspecified atom stereocenters. The van der Waals surface area contributed by atoms with Crippen molar-refractivity contribution in [1.82, 2.24) is 0 Å². The van der Waals surface area contributed by atoms with Crippen LogP contribution in [0.2, 0.25) is 0 Å². The van der Waals surface area contributed by atoms with Crippen molar-refractivity contribution in [2.45, 2.75) is 33.1 Å². The van der Waals surface area contributed by atoms with E-state index in [1.165, 1.54) is 6.42 Å². The average Bonchev–Trinajstić information content (AvgIpc) is 1.89.